The molecule has 30 heavy (non-hydrogen) atoms. The monoisotopic (exact) mass is 434 g/mol. The minimum atomic E-state index is -1.11. The van der Waals surface area contributed by atoms with E-state index in [1.165, 1.54) is 18.3 Å². The van der Waals surface area contributed by atoms with Crippen LogP contribution in [0.4, 0.5) is 13.8 Å². The Balaban J connectivity index is 1.38. The van der Waals surface area contributed by atoms with Crippen molar-refractivity contribution in [1.82, 2.24) is 9.88 Å². The van der Waals surface area contributed by atoms with E-state index in [9.17, 15) is 18.4 Å². The van der Waals surface area contributed by atoms with E-state index in [0.717, 1.165) is 30.2 Å². The molecule has 160 valence electrons. The third-order valence-corrected chi connectivity index (χ3v) is 6.88. The molecule has 0 bridgehead atoms. The third kappa shape index (κ3) is 4.37. The van der Waals surface area contributed by atoms with Crippen molar-refractivity contribution in [2.75, 3.05) is 18.4 Å². The Hall–Kier alpha value is -2.39. The lowest BCUT2D eigenvalue weighted by molar-refractivity contribution is -0.134. The van der Waals surface area contributed by atoms with Gasteiger partial charge in [0.15, 0.2) is 0 Å². The van der Waals surface area contributed by atoms with Crippen LogP contribution in [-0.4, -0.2) is 40.3 Å². The standard InChI is InChI=1S/C21H24F2N4O2S/c1-21(24,14-4-6-27(7-5-14)19(28)12-2-3-12)20(29)26-17-11-25-18(30-17)13-8-15(22)10-16(23)9-13/h8-12,14H,2-7,24H2,1H3,(H,26,29). The second-order valence-corrected chi connectivity index (χ2v) is 9.33. The largest absolute Gasteiger partial charge is 0.342 e. The second kappa shape index (κ2) is 8.03. The highest BCUT2D eigenvalue weighted by atomic mass is 32.1. The van der Waals surface area contributed by atoms with Crippen LogP contribution >= 0.6 is 11.3 Å². The molecule has 1 aromatic carbocycles. The molecule has 1 aliphatic carbocycles. The maximum atomic E-state index is 13.4. The van der Waals surface area contributed by atoms with Gasteiger partial charge in [-0.25, -0.2) is 13.8 Å². The Labute approximate surface area is 177 Å². The fourth-order valence-corrected chi connectivity index (χ4v) is 4.66. The first-order chi connectivity index (χ1) is 14.2. The highest BCUT2D eigenvalue weighted by molar-refractivity contribution is 7.19. The molecule has 1 unspecified atom stereocenters. The number of hydrogen-bond acceptors (Lipinski definition) is 5. The molecule has 2 fully saturated rings. The van der Waals surface area contributed by atoms with Crippen LogP contribution in [-0.2, 0) is 9.59 Å². The molecule has 3 N–H and O–H groups in total. The summed E-state index contributed by atoms with van der Waals surface area (Å²) in [5, 5.41) is 3.64. The number of amides is 2. The predicted octanol–water partition coefficient (Wildman–Crippen LogP) is 3.39. The number of nitrogens with two attached hydrogens (primary N) is 1. The van der Waals surface area contributed by atoms with E-state index >= 15 is 0 Å². The molecule has 2 aliphatic rings. The van der Waals surface area contributed by atoms with Crippen LogP contribution in [0.5, 0.6) is 0 Å². The molecule has 4 rings (SSSR count). The first-order valence-corrected chi connectivity index (χ1v) is 10.9. The number of anilines is 1. The predicted molar refractivity (Wildman–Crippen MR) is 111 cm³/mol. The molecule has 2 aromatic rings. The number of halogens is 2. The molecule has 0 spiro atoms. The number of carbonyl (C=O) groups excluding carboxylic acids is 2. The van der Waals surface area contributed by atoms with Crippen molar-refractivity contribution in [3.8, 4) is 10.6 Å². The van der Waals surface area contributed by atoms with Gasteiger partial charge in [0.05, 0.1) is 11.7 Å². The molecule has 1 saturated heterocycles. The molecule has 0 radical (unpaired) electrons. The average Bonchev–Trinajstić information content (AvgIpc) is 3.45. The number of thiazole rings is 1. The first kappa shape index (κ1) is 20.9. The van der Waals surface area contributed by atoms with Crippen LogP contribution in [0.2, 0.25) is 0 Å². The van der Waals surface area contributed by atoms with Gasteiger partial charge in [0.1, 0.15) is 21.6 Å². The average molecular weight is 435 g/mol. The summed E-state index contributed by atoms with van der Waals surface area (Å²) in [6.45, 7) is 2.95. The Morgan fingerprint density at radius 1 is 1.17 bits per heavy atom. The van der Waals surface area contributed by atoms with E-state index in [1.54, 1.807) is 6.92 Å². The van der Waals surface area contributed by atoms with Gasteiger partial charge in [-0.15, -0.1) is 0 Å². The molecule has 1 aromatic heterocycles. The summed E-state index contributed by atoms with van der Waals surface area (Å²) in [5.41, 5.74) is 5.60. The Morgan fingerprint density at radius 3 is 2.40 bits per heavy atom. The Morgan fingerprint density at radius 2 is 1.80 bits per heavy atom. The summed E-state index contributed by atoms with van der Waals surface area (Å²) < 4.78 is 26.9. The minimum Gasteiger partial charge on any atom is -0.342 e. The van der Waals surface area contributed by atoms with Crippen molar-refractivity contribution in [2.24, 2.45) is 17.6 Å². The van der Waals surface area contributed by atoms with Crippen LogP contribution < -0.4 is 11.1 Å². The minimum absolute atomic E-state index is 0.0505. The van der Waals surface area contributed by atoms with Gasteiger partial charge in [-0.1, -0.05) is 11.3 Å². The first-order valence-electron chi connectivity index (χ1n) is 10.1. The van der Waals surface area contributed by atoms with Crippen LogP contribution in [0.3, 0.4) is 0 Å². The number of likely N-dealkylation sites (tertiary alicyclic amines) is 1. The zero-order chi connectivity index (χ0) is 21.5. The fraction of sp³-hybridized carbons (Fsp3) is 0.476. The van der Waals surface area contributed by atoms with Crippen molar-refractivity contribution in [3.05, 3.63) is 36.0 Å². The van der Waals surface area contributed by atoms with Crippen LogP contribution in [0, 0.1) is 23.5 Å². The summed E-state index contributed by atoms with van der Waals surface area (Å²) in [5.74, 6) is -1.34. The molecule has 9 heteroatoms. The summed E-state index contributed by atoms with van der Waals surface area (Å²) in [7, 11) is 0. The number of rotatable bonds is 5. The maximum absolute atomic E-state index is 13.4. The molecular formula is C21H24F2N4O2S. The van der Waals surface area contributed by atoms with E-state index in [-0.39, 0.29) is 23.7 Å². The molecule has 2 heterocycles. The lowest BCUT2D eigenvalue weighted by Gasteiger charge is -2.39. The van der Waals surface area contributed by atoms with E-state index in [2.05, 4.69) is 10.3 Å². The Kier molecular flexibility index (Phi) is 5.59. The van der Waals surface area contributed by atoms with Crippen molar-refractivity contribution >= 4 is 28.2 Å². The molecule has 2 amide bonds. The smallest absolute Gasteiger partial charge is 0.245 e. The normalized spacial score (nSPS) is 19.4. The zero-order valence-electron chi connectivity index (χ0n) is 16.7. The molecule has 6 nitrogen and oxygen atoms in total. The summed E-state index contributed by atoms with van der Waals surface area (Å²) in [6, 6.07) is 3.18. The van der Waals surface area contributed by atoms with Crippen LogP contribution in [0.1, 0.15) is 32.6 Å². The summed E-state index contributed by atoms with van der Waals surface area (Å²) in [6.07, 6.45) is 4.77. The lowest BCUT2D eigenvalue weighted by Crippen LogP contribution is -2.57. The van der Waals surface area contributed by atoms with Gasteiger partial charge in [-0.2, -0.15) is 0 Å². The highest BCUT2D eigenvalue weighted by Gasteiger charge is 2.41. The number of nitrogens with one attached hydrogen (secondary N) is 1. The summed E-state index contributed by atoms with van der Waals surface area (Å²) >= 11 is 1.12. The maximum Gasteiger partial charge on any atom is 0.245 e. The zero-order valence-corrected chi connectivity index (χ0v) is 17.5. The van der Waals surface area contributed by atoms with E-state index < -0.39 is 17.2 Å². The number of carbonyl (C=O) groups is 2. The number of benzene rings is 1. The second-order valence-electron chi connectivity index (χ2n) is 8.30. The van der Waals surface area contributed by atoms with Crippen molar-refractivity contribution in [1.29, 1.82) is 0 Å². The van der Waals surface area contributed by atoms with Crippen molar-refractivity contribution in [3.63, 3.8) is 0 Å². The lowest BCUT2D eigenvalue weighted by atomic mass is 9.79. The topological polar surface area (TPSA) is 88.3 Å². The Bertz CT molecular complexity index is 945. The van der Waals surface area contributed by atoms with Gasteiger partial charge in [0, 0.05) is 30.6 Å². The molecule has 1 aliphatic heterocycles. The van der Waals surface area contributed by atoms with Gasteiger partial charge < -0.3 is 16.0 Å². The molecule has 1 saturated carbocycles. The van der Waals surface area contributed by atoms with Crippen LogP contribution in [0.15, 0.2) is 24.4 Å². The summed E-state index contributed by atoms with van der Waals surface area (Å²) in [4.78, 5) is 31.1. The van der Waals surface area contributed by atoms with Gasteiger partial charge in [-0.3, -0.25) is 9.59 Å². The van der Waals surface area contributed by atoms with E-state index in [1.807, 2.05) is 4.90 Å². The highest BCUT2D eigenvalue weighted by Crippen LogP contribution is 2.35. The van der Waals surface area contributed by atoms with Gasteiger partial charge in [-0.05, 0) is 50.7 Å². The van der Waals surface area contributed by atoms with E-state index in [4.69, 9.17) is 5.73 Å². The van der Waals surface area contributed by atoms with Crippen molar-refractivity contribution < 1.29 is 18.4 Å². The fourth-order valence-electron chi connectivity index (χ4n) is 3.86. The van der Waals surface area contributed by atoms with Gasteiger partial charge in [0.25, 0.3) is 0 Å². The molecular weight excluding hydrogens is 410 g/mol. The number of nitrogens with zero attached hydrogens (tertiary/aromatic N) is 2. The SMILES string of the molecule is CC(N)(C(=O)Nc1cnc(-c2cc(F)cc(F)c2)s1)C1CCN(C(=O)C2CC2)CC1. The number of piperidine rings is 1. The van der Waals surface area contributed by atoms with E-state index in [0.29, 0.717) is 41.5 Å². The number of aromatic nitrogens is 1. The van der Waals surface area contributed by atoms with Crippen molar-refractivity contribution in [2.45, 2.75) is 38.1 Å². The molecule has 1 atom stereocenters. The van der Waals surface area contributed by atoms with Gasteiger partial charge >= 0.3 is 0 Å². The quantitative estimate of drug-likeness (QED) is 0.755. The number of hydrogen-bond donors (Lipinski definition) is 2. The van der Waals surface area contributed by atoms with Crippen LogP contribution in [0.25, 0.3) is 10.6 Å². The van der Waals surface area contributed by atoms with Gasteiger partial charge in [0.2, 0.25) is 11.8 Å². The third-order valence-electron chi connectivity index (χ3n) is 5.92.